The Hall–Kier alpha value is -3.77. The van der Waals surface area contributed by atoms with E-state index in [1.54, 1.807) is 7.11 Å². The lowest BCUT2D eigenvalue weighted by Gasteiger charge is -2.38. The van der Waals surface area contributed by atoms with Crippen LogP contribution in [0.1, 0.15) is 43.9 Å². The first kappa shape index (κ1) is 26.8. The molecule has 39 heavy (non-hydrogen) atoms. The summed E-state index contributed by atoms with van der Waals surface area (Å²) < 4.78 is 5.23. The van der Waals surface area contributed by atoms with Gasteiger partial charge in [-0.05, 0) is 59.7 Å². The van der Waals surface area contributed by atoms with Crippen LogP contribution in [-0.4, -0.2) is 31.9 Å². The highest BCUT2D eigenvalue weighted by atomic mass is 35.5. The third kappa shape index (κ3) is 5.81. The number of amides is 1. The molecule has 7 heteroatoms. The Morgan fingerprint density at radius 2 is 1.77 bits per heavy atom. The number of hydrogen-bond acceptors (Lipinski definition) is 5. The smallest absolute Gasteiger partial charge is 0.239 e. The second-order valence-corrected chi connectivity index (χ2v) is 11.4. The summed E-state index contributed by atoms with van der Waals surface area (Å²) in [5.74, 6) is 0.760. The Kier molecular flexibility index (Phi) is 7.67. The van der Waals surface area contributed by atoms with Crippen molar-refractivity contribution in [3.8, 4) is 5.75 Å². The Morgan fingerprint density at radius 1 is 1.05 bits per heavy atom. The summed E-state index contributed by atoms with van der Waals surface area (Å²) in [5.41, 5.74) is 5.06. The van der Waals surface area contributed by atoms with Gasteiger partial charge >= 0.3 is 0 Å². The number of fused-ring (bicyclic) bond motifs is 1. The molecule has 2 aliphatic rings. The van der Waals surface area contributed by atoms with E-state index in [1.807, 2.05) is 77.7 Å². The summed E-state index contributed by atoms with van der Waals surface area (Å²) in [6.07, 6.45) is 1.86. The third-order valence-electron chi connectivity index (χ3n) is 7.41. The molecule has 0 radical (unpaired) electrons. The molecule has 0 saturated carbocycles. The number of ketones is 1. The number of halogens is 1. The van der Waals surface area contributed by atoms with Gasteiger partial charge in [0.1, 0.15) is 5.75 Å². The molecule has 0 fully saturated rings. The number of rotatable bonds is 7. The summed E-state index contributed by atoms with van der Waals surface area (Å²) in [5, 5.41) is 7.22. The van der Waals surface area contributed by atoms with E-state index in [1.165, 1.54) is 0 Å². The monoisotopic (exact) mass is 543 g/mol. The van der Waals surface area contributed by atoms with Crippen LogP contribution in [-0.2, 0) is 16.0 Å². The van der Waals surface area contributed by atoms with Gasteiger partial charge in [-0.15, -0.1) is 0 Å². The molecule has 1 heterocycles. The zero-order valence-electron chi connectivity index (χ0n) is 22.6. The SMILES string of the molecule is COc1ccc(CCNC(=O)CN2c3ccccc3NC3=C(C(=O)CC(C)(C)C3)C2c2ccccc2Cl)cc1. The minimum atomic E-state index is -0.499. The molecular formula is C32H34ClN3O3. The third-order valence-corrected chi connectivity index (χ3v) is 7.76. The van der Waals surface area contributed by atoms with Crippen molar-refractivity contribution in [2.24, 2.45) is 5.41 Å². The van der Waals surface area contributed by atoms with E-state index in [-0.39, 0.29) is 23.7 Å². The van der Waals surface area contributed by atoms with E-state index >= 15 is 0 Å². The Morgan fingerprint density at radius 3 is 2.51 bits per heavy atom. The first-order valence-electron chi connectivity index (χ1n) is 13.3. The van der Waals surface area contributed by atoms with E-state index in [2.05, 4.69) is 24.5 Å². The number of methoxy groups -OCH3 is 1. The summed E-state index contributed by atoms with van der Waals surface area (Å²) in [7, 11) is 1.64. The number of nitrogens with one attached hydrogen (secondary N) is 2. The molecule has 202 valence electrons. The van der Waals surface area contributed by atoms with Gasteiger partial charge in [-0.2, -0.15) is 0 Å². The molecule has 3 aromatic rings. The van der Waals surface area contributed by atoms with E-state index in [0.29, 0.717) is 30.0 Å². The zero-order chi connectivity index (χ0) is 27.6. The van der Waals surface area contributed by atoms with Gasteiger partial charge in [0.15, 0.2) is 5.78 Å². The van der Waals surface area contributed by atoms with Gasteiger partial charge in [0, 0.05) is 29.3 Å². The standard InChI is InChI=1S/C32H34ClN3O3/c1-32(2)18-26-30(28(37)19-32)31(23-8-4-5-9-24(23)33)36(27-11-7-6-10-25(27)35-26)20-29(38)34-17-16-21-12-14-22(39-3)15-13-21/h4-15,31,35H,16-20H2,1-3H3,(H,34,38). The van der Waals surface area contributed by atoms with Gasteiger partial charge in [-0.25, -0.2) is 0 Å². The summed E-state index contributed by atoms with van der Waals surface area (Å²) in [6, 6.07) is 22.8. The van der Waals surface area contributed by atoms with Crippen LogP contribution in [0.25, 0.3) is 0 Å². The Balaban J connectivity index is 1.48. The van der Waals surface area contributed by atoms with Crippen LogP contribution in [0.15, 0.2) is 84.1 Å². The molecule has 1 aliphatic carbocycles. The highest BCUT2D eigenvalue weighted by Gasteiger charge is 2.42. The molecule has 2 N–H and O–H groups in total. The van der Waals surface area contributed by atoms with Crippen LogP contribution in [0.4, 0.5) is 11.4 Å². The van der Waals surface area contributed by atoms with Crippen molar-refractivity contribution in [1.82, 2.24) is 5.32 Å². The molecule has 5 rings (SSSR count). The average molecular weight is 544 g/mol. The molecular weight excluding hydrogens is 510 g/mol. The molecule has 1 aliphatic heterocycles. The van der Waals surface area contributed by atoms with E-state index in [9.17, 15) is 9.59 Å². The van der Waals surface area contributed by atoms with Crippen molar-refractivity contribution >= 4 is 34.7 Å². The van der Waals surface area contributed by atoms with Crippen LogP contribution >= 0.6 is 11.6 Å². The number of ether oxygens (including phenoxy) is 1. The van der Waals surface area contributed by atoms with Gasteiger partial charge in [-0.3, -0.25) is 9.59 Å². The topological polar surface area (TPSA) is 70.7 Å². The molecule has 1 amide bonds. The predicted molar refractivity (Wildman–Crippen MR) is 156 cm³/mol. The fraction of sp³-hybridized carbons (Fsp3) is 0.312. The number of allylic oxidation sites excluding steroid dienone is 1. The van der Waals surface area contributed by atoms with Crippen molar-refractivity contribution < 1.29 is 14.3 Å². The zero-order valence-corrected chi connectivity index (χ0v) is 23.3. The largest absolute Gasteiger partial charge is 0.497 e. The van der Waals surface area contributed by atoms with Crippen molar-refractivity contribution in [3.63, 3.8) is 0 Å². The summed E-state index contributed by atoms with van der Waals surface area (Å²) in [4.78, 5) is 29.2. The highest BCUT2D eigenvalue weighted by molar-refractivity contribution is 6.31. The quantitative estimate of drug-likeness (QED) is 0.365. The number of carbonyl (C=O) groups excluding carboxylic acids is 2. The summed E-state index contributed by atoms with van der Waals surface area (Å²) >= 11 is 6.76. The molecule has 0 saturated heterocycles. The number of benzene rings is 3. The maximum absolute atomic E-state index is 13.8. The first-order chi connectivity index (χ1) is 18.8. The molecule has 3 aromatic carbocycles. The normalized spacial score (nSPS) is 18.0. The van der Waals surface area contributed by atoms with Crippen molar-refractivity contribution in [2.75, 3.05) is 30.4 Å². The minimum absolute atomic E-state index is 0.0741. The predicted octanol–water partition coefficient (Wildman–Crippen LogP) is 6.32. The van der Waals surface area contributed by atoms with Crippen molar-refractivity contribution in [2.45, 2.75) is 39.2 Å². The molecule has 6 nitrogen and oxygen atoms in total. The second-order valence-electron chi connectivity index (χ2n) is 11.0. The van der Waals surface area contributed by atoms with Crippen LogP contribution in [0.2, 0.25) is 5.02 Å². The summed E-state index contributed by atoms with van der Waals surface area (Å²) in [6.45, 7) is 4.80. The molecule has 0 spiro atoms. The van der Waals surface area contributed by atoms with Gasteiger partial charge in [-0.1, -0.05) is 67.9 Å². The number of hydrogen-bond donors (Lipinski definition) is 2. The van der Waals surface area contributed by atoms with Gasteiger partial charge in [0.25, 0.3) is 0 Å². The highest BCUT2D eigenvalue weighted by Crippen LogP contribution is 2.49. The van der Waals surface area contributed by atoms with Crippen LogP contribution in [0.5, 0.6) is 5.75 Å². The van der Waals surface area contributed by atoms with Gasteiger partial charge < -0.3 is 20.3 Å². The van der Waals surface area contributed by atoms with Crippen LogP contribution in [0.3, 0.4) is 0 Å². The van der Waals surface area contributed by atoms with Crippen LogP contribution in [0, 0.1) is 5.41 Å². The maximum Gasteiger partial charge on any atom is 0.239 e. The lowest BCUT2D eigenvalue weighted by atomic mass is 9.73. The number of nitrogens with zero attached hydrogens (tertiary/aromatic N) is 1. The number of anilines is 2. The molecule has 1 atom stereocenters. The minimum Gasteiger partial charge on any atom is -0.497 e. The molecule has 0 aromatic heterocycles. The molecule has 1 unspecified atom stereocenters. The van der Waals surface area contributed by atoms with Gasteiger partial charge in [0.2, 0.25) is 5.91 Å². The van der Waals surface area contributed by atoms with E-state index in [4.69, 9.17) is 16.3 Å². The van der Waals surface area contributed by atoms with E-state index < -0.39 is 6.04 Å². The fourth-order valence-electron chi connectivity index (χ4n) is 5.60. The Bertz CT molecular complexity index is 1410. The number of Topliss-reactive ketones (excluding diaryl/α,β-unsaturated/α-hetero) is 1. The van der Waals surface area contributed by atoms with Crippen LogP contribution < -0.4 is 20.3 Å². The lowest BCUT2D eigenvalue weighted by Crippen LogP contribution is -2.42. The van der Waals surface area contributed by atoms with Gasteiger partial charge in [0.05, 0.1) is 31.1 Å². The molecule has 0 bridgehead atoms. The second kappa shape index (κ2) is 11.1. The first-order valence-corrected chi connectivity index (χ1v) is 13.7. The Labute approximate surface area is 235 Å². The number of carbonyl (C=O) groups is 2. The fourth-order valence-corrected chi connectivity index (χ4v) is 5.84. The number of para-hydroxylation sites is 2. The average Bonchev–Trinajstić information content (AvgIpc) is 3.03. The van der Waals surface area contributed by atoms with E-state index in [0.717, 1.165) is 40.4 Å². The maximum atomic E-state index is 13.8. The lowest BCUT2D eigenvalue weighted by molar-refractivity contribution is -0.120. The van der Waals surface area contributed by atoms with Crippen molar-refractivity contribution in [1.29, 1.82) is 0 Å². The van der Waals surface area contributed by atoms with Crippen molar-refractivity contribution in [3.05, 3.63) is 100 Å².